The van der Waals surface area contributed by atoms with Crippen LogP contribution in [0.15, 0.2) is 53.4 Å². The minimum atomic E-state index is -4.05. The smallest absolute Gasteiger partial charge is 0.328 e. The highest BCUT2D eigenvalue weighted by atomic mass is 32.2. The largest absolute Gasteiger partial charge is 0.492 e. The number of hydrogen-bond acceptors (Lipinski definition) is 7. The van der Waals surface area contributed by atoms with Crippen molar-refractivity contribution in [2.75, 3.05) is 26.9 Å². The SMILES string of the molecule is CC#CCOc1ccc(S(=O)(=O)N[C@@H](C(=O)OC)c2ccc(OCCNC(C)=O)cc2)cc1. The molecule has 2 aromatic carbocycles. The highest BCUT2D eigenvalue weighted by molar-refractivity contribution is 7.89. The monoisotopic (exact) mass is 474 g/mol. The van der Waals surface area contributed by atoms with E-state index < -0.39 is 22.0 Å². The molecule has 0 unspecified atom stereocenters. The molecule has 2 rings (SSSR count). The van der Waals surface area contributed by atoms with Gasteiger partial charge in [0.1, 0.15) is 30.8 Å². The normalized spacial score (nSPS) is 11.5. The molecule has 176 valence electrons. The molecule has 10 heteroatoms. The van der Waals surface area contributed by atoms with E-state index in [1.54, 1.807) is 31.2 Å². The molecule has 0 heterocycles. The van der Waals surface area contributed by atoms with Crippen molar-refractivity contribution in [3.05, 3.63) is 54.1 Å². The zero-order valence-corrected chi connectivity index (χ0v) is 19.4. The van der Waals surface area contributed by atoms with Crippen LogP contribution in [-0.2, 0) is 24.3 Å². The molecular formula is C23H26N2O7S. The molecular weight excluding hydrogens is 448 g/mol. The summed E-state index contributed by atoms with van der Waals surface area (Å²) in [5.74, 6) is 5.49. The minimum absolute atomic E-state index is 0.0387. The number of hydrogen-bond donors (Lipinski definition) is 2. The van der Waals surface area contributed by atoms with Gasteiger partial charge < -0.3 is 19.5 Å². The lowest BCUT2D eigenvalue weighted by Crippen LogP contribution is -2.34. The maximum atomic E-state index is 12.9. The van der Waals surface area contributed by atoms with Crippen LogP contribution in [0.5, 0.6) is 11.5 Å². The van der Waals surface area contributed by atoms with E-state index in [1.807, 2.05) is 0 Å². The van der Waals surface area contributed by atoms with Crippen molar-refractivity contribution in [2.24, 2.45) is 0 Å². The summed E-state index contributed by atoms with van der Waals surface area (Å²) < 4.78 is 43.8. The van der Waals surface area contributed by atoms with E-state index in [2.05, 4.69) is 21.9 Å². The quantitative estimate of drug-likeness (QED) is 0.289. The lowest BCUT2D eigenvalue weighted by Gasteiger charge is -2.18. The maximum absolute atomic E-state index is 12.9. The Morgan fingerprint density at radius 2 is 1.61 bits per heavy atom. The summed E-state index contributed by atoms with van der Waals surface area (Å²) in [6.07, 6.45) is 0. The summed E-state index contributed by atoms with van der Waals surface area (Å²) in [7, 11) is -2.87. The molecule has 1 amide bonds. The topological polar surface area (TPSA) is 120 Å². The van der Waals surface area contributed by atoms with Crippen molar-refractivity contribution >= 4 is 21.9 Å². The third-order valence-corrected chi connectivity index (χ3v) is 5.73. The molecule has 33 heavy (non-hydrogen) atoms. The summed E-state index contributed by atoms with van der Waals surface area (Å²) in [6.45, 7) is 3.90. The van der Waals surface area contributed by atoms with Gasteiger partial charge in [-0.05, 0) is 48.9 Å². The molecule has 0 aliphatic heterocycles. The zero-order valence-electron chi connectivity index (χ0n) is 18.6. The van der Waals surface area contributed by atoms with Gasteiger partial charge in [-0.25, -0.2) is 13.2 Å². The van der Waals surface area contributed by atoms with E-state index in [9.17, 15) is 18.0 Å². The number of rotatable bonds is 11. The Balaban J connectivity index is 2.12. The number of ether oxygens (including phenoxy) is 3. The predicted molar refractivity (Wildman–Crippen MR) is 121 cm³/mol. The Hall–Kier alpha value is -3.55. The number of sulfonamides is 1. The fourth-order valence-corrected chi connectivity index (χ4v) is 3.83. The molecule has 0 saturated heterocycles. The number of esters is 1. The molecule has 0 spiro atoms. The van der Waals surface area contributed by atoms with Crippen molar-refractivity contribution in [2.45, 2.75) is 24.8 Å². The van der Waals surface area contributed by atoms with Crippen LogP contribution in [0.4, 0.5) is 0 Å². The van der Waals surface area contributed by atoms with E-state index in [0.717, 1.165) is 0 Å². The van der Waals surface area contributed by atoms with Crippen LogP contribution in [-0.4, -0.2) is 47.2 Å². The molecule has 0 bridgehead atoms. The van der Waals surface area contributed by atoms with Gasteiger partial charge in [0.25, 0.3) is 0 Å². The van der Waals surface area contributed by atoms with Gasteiger partial charge in [0.15, 0.2) is 0 Å². The van der Waals surface area contributed by atoms with Crippen LogP contribution in [0.3, 0.4) is 0 Å². The fourth-order valence-electron chi connectivity index (χ4n) is 2.65. The summed E-state index contributed by atoms with van der Waals surface area (Å²) >= 11 is 0. The highest BCUT2D eigenvalue weighted by Gasteiger charge is 2.28. The van der Waals surface area contributed by atoms with Crippen LogP contribution >= 0.6 is 0 Å². The molecule has 1 atom stereocenters. The lowest BCUT2D eigenvalue weighted by molar-refractivity contribution is -0.142. The van der Waals surface area contributed by atoms with Gasteiger partial charge in [0.2, 0.25) is 15.9 Å². The van der Waals surface area contributed by atoms with Crippen molar-refractivity contribution in [3.8, 4) is 23.3 Å². The van der Waals surface area contributed by atoms with Crippen molar-refractivity contribution in [1.29, 1.82) is 0 Å². The Kier molecular flexibility index (Phi) is 9.72. The molecule has 0 saturated carbocycles. The average Bonchev–Trinajstić information content (AvgIpc) is 2.81. The average molecular weight is 475 g/mol. The van der Waals surface area contributed by atoms with Crippen LogP contribution in [0.1, 0.15) is 25.5 Å². The van der Waals surface area contributed by atoms with Gasteiger partial charge in [-0.2, -0.15) is 4.72 Å². The molecule has 0 aliphatic rings. The second-order valence-corrected chi connectivity index (χ2v) is 8.38. The van der Waals surface area contributed by atoms with Crippen LogP contribution in [0.2, 0.25) is 0 Å². The Labute approximate surface area is 193 Å². The first-order valence-electron chi connectivity index (χ1n) is 9.96. The number of amides is 1. The lowest BCUT2D eigenvalue weighted by atomic mass is 10.1. The zero-order chi connectivity index (χ0) is 24.3. The summed E-state index contributed by atoms with van der Waals surface area (Å²) in [6, 6.07) is 10.8. The summed E-state index contributed by atoms with van der Waals surface area (Å²) in [5, 5.41) is 2.61. The van der Waals surface area contributed by atoms with E-state index in [0.29, 0.717) is 23.6 Å². The number of carbonyl (C=O) groups is 2. The molecule has 9 nitrogen and oxygen atoms in total. The molecule has 0 aliphatic carbocycles. The van der Waals surface area contributed by atoms with Gasteiger partial charge >= 0.3 is 5.97 Å². The molecule has 0 aromatic heterocycles. The molecule has 0 radical (unpaired) electrons. The van der Waals surface area contributed by atoms with Gasteiger partial charge in [-0.15, -0.1) is 5.92 Å². The van der Waals surface area contributed by atoms with E-state index in [1.165, 1.54) is 38.3 Å². The first-order chi connectivity index (χ1) is 15.8. The molecule has 2 N–H and O–H groups in total. The third kappa shape index (κ3) is 8.14. The molecule has 0 fully saturated rings. The first kappa shape index (κ1) is 25.7. The second kappa shape index (κ2) is 12.5. The van der Waals surface area contributed by atoms with Gasteiger partial charge in [0.05, 0.1) is 18.6 Å². The summed E-state index contributed by atoms with van der Waals surface area (Å²) in [4.78, 5) is 23.2. The van der Waals surface area contributed by atoms with Gasteiger partial charge in [-0.3, -0.25) is 4.79 Å². The van der Waals surface area contributed by atoms with E-state index in [-0.39, 0.29) is 24.0 Å². The Morgan fingerprint density at radius 1 is 1.00 bits per heavy atom. The number of carbonyl (C=O) groups excluding carboxylic acids is 2. The summed E-state index contributed by atoms with van der Waals surface area (Å²) in [5.41, 5.74) is 0.373. The molecule has 2 aromatic rings. The van der Waals surface area contributed by atoms with Crippen molar-refractivity contribution < 1.29 is 32.2 Å². The van der Waals surface area contributed by atoms with Crippen LogP contribution in [0, 0.1) is 11.8 Å². The van der Waals surface area contributed by atoms with Crippen LogP contribution < -0.4 is 19.5 Å². The Bertz CT molecular complexity index is 1100. The predicted octanol–water partition coefficient (Wildman–Crippen LogP) is 1.80. The van der Waals surface area contributed by atoms with E-state index >= 15 is 0 Å². The maximum Gasteiger partial charge on any atom is 0.328 e. The number of benzene rings is 2. The highest BCUT2D eigenvalue weighted by Crippen LogP contribution is 2.23. The van der Waals surface area contributed by atoms with Crippen LogP contribution in [0.25, 0.3) is 0 Å². The minimum Gasteiger partial charge on any atom is -0.492 e. The number of nitrogens with one attached hydrogen (secondary N) is 2. The Morgan fingerprint density at radius 3 is 2.18 bits per heavy atom. The standard InChI is InChI=1S/C23H26N2O7S/c1-4-5-15-31-20-10-12-21(13-11-20)33(28,29)25-22(23(27)30-3)18-6-8-19(9-7-18)32-16-14-24-17(2)26/h6-13,22,25H,14-16H2,1-3H3,(H,24,26)/t22-/m1/s1. The van der Waals surface area contributed by atoms with Crippen molar-refractivity contribution in [3.63, 3.8) is 0 Å². The third-order valence-electron chi connectivity index (χ3n) is 4.29. The fraction of sp³-hybridized carbons (Fsp3) is 0.304. The van der Waals surface area contributed by atoms with Gasteiger partial charge in [0, 0.05) is 6.92 Å². The van der Waals surface area contributed by atoms with E-state index in [4.69, 9.17) is 14.2 Å². The van der Waals surface area contributed by atoms with Crippen molar-refractivity contribution in [1.82, 2.24) is 10.0 Å². The van der Waals surface area contributed by atoms with Gasteiger partial charge in [-0.1, -0.05) is 18.1 Å². The number of methoxy groups -OCH3 is 1. The first-order valence-corrected chi connectivity index (χ1v) is 11.4. The second-order valence-electron chi connectivity index (χ2n) is 6.66.